The van der Waals surface area contributed by atoms with E-state index >= 15 is 0 Å². The van der Waals surface area contributed by atoms with Gasteiger partial charge in [0, 0.05) is 43.2 Å². The first kappa shape index (κ1) is 20.9. The Kier molecular flexibility index (Phi) is 5.32. The minimum Gasteiger partial charge on any atom is -0.368 e. The lowest BCUT2D eigenvalue weighted by Crippen LogP contribution is -2.49. The molecule has 1 aromatic carbocycles. The van der Waals surface area contributed by atoms with Gasteiger partial charge in [-0.05, 0) is 23.6 Å². The molecule has 0 aliphatic carbocycles. The third-order valence-corrected chi connectivity index (χ3v) is 7.03. The lowest BCUT2D eigenvalue weighted by molar-refractivity contribution is -0.173. The summed E-state index contributed by atoms with van der Waals surface area (Å²) in [4.78, 5) is 18.0. The number of para-hydroxylation sites is 1. The van der Waals surface area contributed by atoms with Crippen molar-refractivity contribution in [2.75, 3.05) is 36.4 Å². The molecular formula is C22H22F3N5OS. The Hall–Kier alpha value is -3.01. The van der Waals surface area contributed by atoms with Crippen LogP contribution in [0.15, 0.2) is 54.0 Å². The van der Waals surface area contributed by atoms with Gasteiger partial charge in [-0.15, -0.1) is 11.3 Å². The molecular weight excluding hydrogens is 439 g/mol. The Morgan fingerprint density at radius 2 is 1.81 bits per heavy atom. The smallest absolute Gasteiger partial charge is 0.368 e. The molecule has 1 amide bonds. The molecule has 0 radical (unpaired) electrons. The summed E-state index contributed by atoms with van der Waals surface area (Å²) < 4.78 is 42.4. The summed E-state index contributed by atoms with van der Waals surface area (Å²) in [5.74, 6) is -0.147. The summed E-state index contributed by atoms with van der Waals surface area (Å²) in [5, 5.41) is 8.97. The summed E-state index contributed by atoms with van der Waals surface area (Å²) in [6.07, 6.45) is -3.36. The van der Waals surface area contributed by atoms with Gasteiger partial charge in [-0.1, -0.05) is 24.3 Å². The summed E-state index contributed by atoms with van der Waals surface area (Å²) in [6.45, 7) is 2.32. The van der Waals surface area contributed by atoms with Crippen LogP contribution in [-0.2, 0) is 0 Å². The number of amides is 1. The average Bonchev–Trinajstić information content (AvgIpc) is 3.48. The van der Waals surface area contributed by atoms with Crippen LogP contribution < -0.4 is 10.2 Å². The quantitative estimate of drug-likeness (QED) is 0.621. The van der Waals surface area contributed by atoms with E-state index in [-0.39, 0.29) is 23.7 Å². The molecule has 0 unspecified atom stereocenters. The van der Waals surface area contributed by atoms with Gasteiger partial charge in [-0.3, -0.25) is 4.79 Å². The second kappa shape index (κ2) is 8.16. The maximum Gasteiger partial charge on any atom is 0.410 e. The van der Waals surface area contributed by atoms with E-state index in [1.807, 2.05) is 47.8 Å². The number of piperazine rings is 1. The Balaban J connectivity index is 1.38. The summed E-state index contributed by atoms with van der Waals surface area (Å²) in [6, 6.07) is 11.3. The fourth-order valence-electron chi connectivity index (χ4n) is 4.37. The second-order valence-electron chi connectivity index (χ2n) is 7.97. The molecule has 168 valence electrons. The molecule has 32 heavy (non-hydrogen) atoms. The molecule has 2 aliphatic heterocycles. The van der Waals surface area contributed by atoms with E-state index in [1.54, 1.807) is 4.90 Å². The van der Waals surface area contributed by atoms with Crippen LogP contribution in [0.25, 0.3) is 0 Å². The van der Waals surface area contributed by atoms with Gasteiger partial charge in [0.2, 0.25) is 0 Å². The number of anilines is 2. The molecule has 1 saturated heterocycles. The number of benzene rings is 1. The highest BCUT2D eigenvalue weighted by Crippen LogP contribution is 2.45. The average molecular weight is 462 g/mol. The zero-order chi connectivity index (χ0) is 22.3. The van der Waals surface area contributed by atoms with Crippen LogP contribution in [0.4, 0.5) is 24.7 Å². The van der Waals surface area contributed by atoms with Crippen LogP contribution in [0, 0.1) is 0 Å². The topological polar surface area (TPSA) is 53.4 Å². The standard InChI is InChI=1S/C22H22F3N5OS/c23-22(24,25)19-13-17(18-7-4-12-32-18)27-20-16(14-26-30(19)20)21(31)29-10-8-28(9-11-29)15-5-2-1-3-6-15/h1-7,12,14,17,19,27H,8-11,13H2/t17-,19+/m1/s1. The van der Waals surface area contributed by atoms with Gasteiger partial charge in [0.25, 0.3) is 5.91 Å². The largest absolute Gasteiger partial charge is 0.410 e. The number of nitrogens with zero attached hydrogens (tertiary/aromatic N) is 4. The van der Waals surface area contributed by atoms with Gasteiger partial charge in [-0.25, -0.2) is 4.68 Å². The van der Waals surface area contributed by atoms with Crippen molar-refractivity contribution < 1.29 is 18.0 Å². The first-order chi connectivity index (χ1) is 15.4. The number of hydrogen-bond acceptors (Lipinski definition) is 5. The number of fused-ring (bicyclic) bond motifs is 1. The van der Waals surface area contributed by atoms with E-state index in [2.05, 4.69) is 15.3 Å². The maximum atomic E-state index is 13.8. The predicted molar refractivity (Wildman–Crippen MR) is 117 cm³/mol. The predicted octanol–water partition coefficient (Wildman–Crippen LogP) is 4.57. The SMILES string of the molecule is O=C(c1cnn2c1N[C@@H](c1cccs1)C[C@H]2C(F)(F)F)N1CCN(c2ccccc2)CC1. The number of thiophene rings is 1. The van der Waals surface area contributed by atoms with E-state index in [9.17, 15) is 18.0 Å². The normalized spacial score (nSPS) is 21.2. The Morgan fingerprint density at radius 3 is 2.47 bits per heavy atom. The van der Waals surface area contributed by atoms with Crippen molar-refractivity contribution in [1.82, 2.24) is 14.7 Å². The van der Waals surface area contributed by atoms with Crippen LogP contribution >= 0.6 is 11.3 Å². The highest BCUT2D eigenvalue weighted by molar-refractivity contribution is 7.10. The van der Waals surface area contributed by atoms with E-state index < -0.39 is 18.3 Å². The van der Waals surface area contributed by atoms with Crippen molar-refractivity contribution in [3.63, 3.8) is 0 Å². The monoisotopic (exact) mass is 461 g/mol. The lowest BCUT2D eigenvalue weighted by Gasteiger charge is -2.37. The van der Waals surface area contributed by atoms with Gasteiger partial charge in [0.1, 0.15) is 11.4 Å². The fourth-order valence-corrected chi connectivity index (χ4v) is 5.16. The molecule has 4 heterocycles. The molecule has 2 atom stereocenters. The first-order valence-corrected chi connectivity index (χ1v) is 11.3. The number of halogens is 3. The molecule has 1 N–H and O–H groups in total. The van der Waals surface area contributed by atoms with Crippen LogP contribution in [0.5, 0.6) is 0 Å². The molecule has 0 saturated carbocycles. The van der Waals surface area contributed by atoms with Gasteiger partial charge in [0.15, 0.2) is 6.04 Å². The van der Waals surface area contributed by atoms with Crippen molar-refractivity contribution in [1.29, 1.82) is 0 Å². The van der Waals surface area contributed by atoms with E-state index in [0.717, 1.165) is 15.2 Å². The highest BCUT2D eigenvalue weighted by atomic mass is 32.1. The fraction of sp³-hybridized carbons (Fsp3) is 0.364. The van der Waals surface area contributed by atoms with Crippen molar-refractivity contribution >= 4 is 28.7 Å². The van der Waals surface area contributed by atoms with Crippen molar-refractivity contribution in [2.45, 2.75) is 24.7 Å². The number of carbonyl (C=O) groups is 1. The van der Waals surface area contributed by atoms with Crippen molar-refractivity contribution in [2.24, 2.45) is 0 Å². The number of carbonyl (C=O) groups excluding carboxylic acids is 1. The minimum atomic E-state index is -4.46. The third-order valence-electron chi connectivity index (χ3n) is 6.04. The van der Waals surface area contributed by atoms with Crippen LogP contribution in [0.2, 0.25) is 0 Å². The summed E-state index contributed by atoms with van der Waals surface area (Å²) in [5.41, 5.74) is 1.28. The van der Waals surface area contributed by atoms with E-state index in [0.29, 0.717) is 26.2 Å². The Morgan fingerprint density at radius 1 is 1.06 bits per heavy atom. The molecule has 3 aromatic rings. The second-order valence-corrected chi connectivity index (χ2v) is 8.95. The minimum absolute atomic E-state index is 0.146. The summed E-state index contributed by atoms with van der Waals surface area (Å²) in [7, 11) is 0. The number of hydrogen-bond donors (Lipinski definition) is 1. The molecule has 10 heteroatoms. The van der Waals surface area contributed by atoms with Gasteiger partial charge in [0.05, 0.1) is 12.2 Å². The Labute approximate surface area is 187 Å². The van der Waals surface area contributed by atoms with Gasteiger partial charge < -0.3 is 15.1 Å². The van der Waals surface area contributed by atoms with Gasteiger partial charge in [-0.2, -0.15) is 18.3 Å². The van der Waals surface area contributed by atoms with Crippen LogP contribution in [0.1, 0.15) is 33.7 Å². The summed E-state index contributed by atoms with van der Waals surface area (Å²) >= 11 is 1.40. The molecule has 0 bridgehead atoms. The van der Waals surface area contributed by atoms with Crippen molar-refractivity contribution in [3.05, 3.63) is 64.5 Å². The third kappa shape index (κ3) is 3.83. The first-order valence-electron chi connectivity index (χ1n) is 10.5. The molecule has 1 fully saturated rings. The number of alkyl halides is 3. The zero-order valence-electron chi connectivity index (χ0n) is 17.1. The maximum absolute atomic E-state index is 13.8. The Bertz CT molecular complexity index is 1070. The van der Waals surface area contributed by atoms with Crippen molar-refractivity contribution in [3.8, 4) is 0 Å². The number of nitrogens with one attached hydrogen (secondary N) is 1. The van der Waals surface area contributed by atoms with Gasteiger partial charge >= 0.3 is 6.18 Å². The van der Waals surface area contributed by atoms with Crippen LogP contribution in [0.3, 0.4) is 0 Å². The molecule has 0 spiro atoms. The molecule has 2 aliphatic rings. The molecule has 5 rings (SSSR count). The lowest BCUT2D eigenvalue weighted by atomic mass is 10.0. The van der Waals surface area contributed by atoms with E-state index in [4.69, 9.17) is 0 Å². The number of aromatic nitrogens is 2. The highest BCUT2D eigenvalue weighted by Gasteiger charge is 2.47. The zero-order valence-corrected chi connectivity index (χ0v) is 17.9. The van der Waals surface area contributed by atoms with Crippen LogP contribution in [-0.4, -0.2) is 52.9 Å². The molecule has 6 nitrogen and oxygen atoms in total. The number of rotatable bonds is 3. The van der Waals surface area contributed by atoms with E-state index in [1.165, 1.54) is 17.5 Å². The molecule has 2 aromatic heterocycles.